The van der Waals surface area contributed by atoms with Crippen LogP contribution < -0.4 is 4.72 Å². The zero-order chi connectivity index (χ0) is 14.3. The first kappa shape index (κ1) is 16.9. The third-order valence-electron chi connectivity index (χ3n) is 2.34. The number of carbonyl (C=O) groups is 1. The van der Waals surface area contributed by atoms with Crippen molar-refractivity contribution in [3.05, 3.63) is 25.3 Å². The second kappa shape index (κ2) is 7.33. The molecular weight excluding hydrogens is 252 g/mol. The molecule has 0 heterocycles. The van der Waals surface area contributed by atoms with Gasteiger partial charge in [0, 0.05) is 13.1 Å². The van der Waals surface area contributed by atoms with Gasteiger partial charge in [-0.1, -0.05) is 12.2 Å². The lowest BCUT2D eigenvalue weighted by atomic mass is 10.3. The van der Waals surface area contributed by atoms with Crippen molar-refractivity contribution >= 4 is 15.9 Å². The minimum absolute atomic E-state index is 0.293. The van der Waals surface area contributed by atoms with Crippen molar-refractivity contribution < 1.29 is 13.2 Å². The first-order chi connectivity index (χ1) is 8.26. The van der Waals surface area contributed by atoms with Crippen LogP contribution in [0.25, 0.3) is 0 Å². The highest BCUT2D eigenvalue weighted by Crippen LogP contribution is 2.02. The van der Waals surface area contributed by atoms with E-state index in [0.717, 1.165) is 0 Å². The summed E-state index contributed by atoms with van der Waals surface area (Å²) in [7, 11) is -3.46. The van der Waals surface area contributed by atoms with Gasteiger partial charge in [-0.15, -0.1) is 13.2 Å². The lowest BCUT2D eigenvalue weighted by molar-refractivity contribution is -0.131. The van der Waals surface area contributed by atoms with Crippen LogP contribution in [-0.2, 0) is 14.8 Å². The molecule has 18 heavy (non-hydrogen) atoms. The molecule has 5 nitrogen and oxygen atoms in total. The summed E-state index contributed by atoms with van der Waals surface area (Å²) in [5, 5.41) is -0.569. The molecule has 0 aromatic heterocycles. The zero-order valence-electron chi connectivity index (χ0n) is 11.2. The first-order valence-electron chi connectivity index (χ1n) is 5.78. The normalized spacial score (nSPS) is 13.1. The second-order valence-corrected chi connectivity index (χ2v) is 6.52. The number of nitrogens with one attached hydrogen (secondary N) is 1. The molecule has 0 saturated heterocycles. The number of hydrogen-bond donors (Lipinski definition) is 1. The van der Waals surface area contributed by atoms with Crippen molar-refractivity contribution in [1.82, 2.24) is 9.62 Å². The van der Waals surface area contributed by atoms with Crippen molar-refractivity contribution in [2.45, 2.75) is 32.1 Å². The van der Waals surface area contributed by atoms with Gasteiger partial charge in [0.2, 0.25) is 15.9 Å². The van der Waals surface area contributed by atoms with E-state index in [-0.39, 0.29) is 5.91 Å². The van der Waals surface area contributed by atoms with Gasteiger partial charge in [0.1, 0.15) is 0 Å². The Morgan fingerprint density at radius 1 is 1.22 bits per heavy atom. The van der Waals surface area contributed by atoms with Crippen LogP contribution in [0.15, 0.2) is 25.3 Å². The molecule has 104 valence electrons. The standard InChI is InChI=1S/C12H22N2O3S/c1-6-8-14(9-7-2)12(15)11(5)13-18(16,17)10(3)4/h6-7,10-11,13H,1-2,8-9H2,3-5H3. The molecule has 6 heteroatoms. The van der Waals surface area contributed by atoms with Gasteiger partial charge in [0.25, 0.3) is 0 Å². The second-order valence-electron chi connectivity index (χ2n) is 4.25. The van der Waals surface area contributed by atoms with E-state index in [9.17, 15) is 13.2 Å². The monoisotopic (exact) mass is 274 g/mol. The summed E-state index contributed by atoms with van der Waals surface area (Å²) in [6, 6.07) is -0.794. The topological polar surface area (TPSA) is 66.5 Å². The molecule has 0 bridgehead atoms. The number of sulfonamides is 1. The molecule has 0 aliphatic carbocycles. The highest BCUT2D eigenvalue weighted by molar-refractivity contribution is 7.90. The third kappa shape index (κ3) is 5.01. The van der Waals surface area contributed by atoms with E-state index in [0.29, 0.717) is 13.1 Å². The van der Waals surface area contributed by atoms with Gasteiger partial charge in [0.15, 0.2) is 0 Å². The molecule has 0 spiro atoms. The molecular formula is C12H22N2O3S. The molecule has 1 unspecified atom stereocenters. The predicted molar refractivity (Wildman–Crippen MR) is 73.6 cm³/mol. The van der Waals surface area contributed by atoms with Crippen LogP contribution in [0.1, 0.15) is 20.8 Å². The summed E-state index contributed by atoms with van der Waals surface area (Å²) in [5.74, 6) is -0.293. The SMILES string of the molecule is C=CCN(CC=C)C(=O)C(C)NS(=O)(=O)C(C)C. The van der Waals surface area contributed by atoms with Crippen LogP contribution >= 0.6 is 0 Å². The summed E-state index contributed by atoms with van der Waals surface area (Å²) in [6.45, 7) is 12.5. The number of nitrogens with zero attached hydrogens (tertiary/aromatic N) is 1. The van der Waals surface area contributed by atoms with Crippen LogP contribution in [0.3, 0.4) is 0 Å². The summed E-state index contributed by atoms with van der Waals surface area (Å²) in [4.78, 5) is 13.5. The van der Waals surface area contributed by atoms with Crippen molar-refractivity contribution in [3.63, 3.8) is 0 Å². The maximum atomic E-state index is 12.0. The lowest BCUT2D eigenvalue weighted by Crippen LogP contribution is -2.48. The highest BCUT2D eigenvalue weighted by Gasteiger charge is 2.25. The number of carbonyl (C=O) groups excluding carboxylic acids is 1. The van der Waals surface area contributed by atoms with Gasteiger partial charge in [-0.25, -0.2) is 13.1 Å². The van der Waals surface area contributed by atoms with E-state index in [4.69, 9.17) is 0 Å². The van der Waals surface area contributed by atoms with Gasteiger partial charge in [0.05, 0.1) is 11.3 Å². The van der Waals surface area contributed by atoms with Crippen molar-refractivity contribution in [2.24, 2.45) is 0 Å². The van der Waals surface area contributed by atoms with Crippen molar-refractivity contribution in [3.8, 4) is 0 Å². The first-order valence-corrected chi connectivity index (χ1v) is 7.32. The maximum absolute atomic E-state index is 12.0. The van der Waals surface area contributed by atoms with Crippen molar-refractivity contribution in [2.75, 3.05) is 13.1 Å². The summed E-state index contributed by atoms with van der Waals surface area (Å²) >= 11 is 0. The number of amides is 1. The fraction of sp³-hybridized carbons (Fsp3) is 0.583. The Morgan fingerprint density at radius 3 is 2.00 bits per heavy atom. The predicted octanol–water partition coefficient (Wildman–Crippen LogP) is 0.903. The zero-order valence-corrected chi connectivity index (χ0v) is 12.0. The Kier molecular flexibility index (Phi) is 6.86. The van der Waals surface area contributed by atoms with Crippen LogP contribution in [0.5, 0.6) is 0 Å². The number of hydrogen-bond acceptors (Lipinski definition) is 3. The Balaban J connectivity index is 4.76. The van der Waals surface area contributed by atoms with Crippen LogP contribution in [0.4, 0.5) is 0 Å². The van der Waals surface area contributed by atoms with Gasteiger partial charge in [-0.05, 0) is 20.8 Å². The summed E-state index contributed by atoms with van der Waals surface area (Å²) < 4.78 is 25.7. The van der Waals surface area contributed by atoms with E-state index >= 15 is 0 Å². The van der Waals surface area contributed by atoms with E-state index in [1.165, 1.54) is 11.8 Å². The highest BCUT2D eigenvalue weighted by atomic mass is 32.2. The number of rotatable bonds is 8. The van der Waals surface area contributed by atoms with Gasteiger partial charge in [-0.2, -0.15) is 0 Å². The fourth-order valence-electron chi connectivity index (χ4n) is 1.27. The summed E-state index contributed by atoms with van der Waals surface area (Å²) in [6.07, 6.45) is 3.18. The molecule has 0 aromatic rings. The lowest BCUT2D eigenvalue weighted by Gasteiger charge is -2.24. The molecule has 0 radical (unpaired) electrons. The van der Waals surface area contributed by atoms with Gasteiger partial charge >= 0.3 is 0 Å². The Hall–Kier alpha value is -1.14. The minimum Gasteiger partial charge on any atom is -0.334 e. The fourth-order valence-corrected chi connectivity index (χ4v) is 2.14. The molecule has 0 rings (SSSR count). The van der Waals surface area contributed by atoms with Crippen LogP contribution in [-0.4, -0.2) is 43.6 Å². The molecule has 0 aromatic carbocycles. The van der Waals surface area contributed by atoms with E-state index < -0.39 is 21.3 Å². The van der Waals surface area contributed by atoms with Crippen molar-refractivity contribution in [1.29, 1.82) is 0 Å². The smallest absolute Gasteiger partial charge is 0.241 e. The molecule has 1 atom stereocenters. The summed E-state index contributed by atoms with van der Waals surface area (Å²) in [5.41, 5.74) is 0. The Labute approximate surface area is 110 Å². The molecule has 1 amide bonds. The van der Waals surface area contributed by atoms with Crippen LogP contribution in [0, 0.1) is 0 Å². The average Bonchev–Trinajstić information content (AvgIpc) is 2.27. The molecule has 1 N–H and O–H groups in total. The van der Waals surface area contributed by atoms with Gasteiger partial charge < -0.3 is 4.90 Å². The third-order valence-corrected chi connectivity index (χ3v) is 4.27. The quantitative estimate of drug-likeness (QED) is 0.669. The molecule has 0 fully saturated rings. The van der Waals surface area contributed by atoms with Crippen LogP contribution in [0.2, 0.25) is 0 Å². The molecule has 0 aliphatic heterocycles. The molecule has 0 saturated carbocycles. The van der Waals surface area contributed by atoms with Gasteiger partial charge in [-0.3, -0.25) is 4.79 Å². The Bertz CT molecular complexity index is 392. The van der Waals surface area contributed by atoms with E-state index in [2.05, 4.69) is 17.9 Å². The largest absolute Gasteiger partial charge is 0.334 e. The van der Waals surface area contributed by atoms with E-state index in [1.807, 2.05) is 0 Å². The molecule has 0 aliphatic rings. The Morgan fingerprint density at radius 2 is 1.67 bits per heavy atom. The minimum atomic E-state index is -3.46. The van der Waals surface area contributed by atoms with E-state index in [1.54, 1.807) is 26.0 Å². The maximum Gasteiger partial charge on any atom is 0.241 e. The average molecular weight is 274 g/mol.